The standard InChI is InChI=1S/C11H18O2.C3H8O/c1-10-3-6-11(7-4-10,8-5-10)9(12)13-2;1-3-4-2/h3-8H2,1-2H3;3H2,1-2H3. The summed E-state index contributed by atoms with van der Waals surface area (Å²) in [4.78, 5) is 11.6. The second-order valence-electron chi connectivity index (χ2n) is 5.66. The number of hydrogen-bond donors (Lipinski definition) is 0. The molecule has 3 heteroatoms. The molecule has 3 rings (SSSR count). The van der Waals surface area contributed by atoms with Crippen molar-refractivity contribution in [2.45, 2.75) is 52.4 Å². The second kappa shape index (κ2) is 5.85. The molecule has 3 fully saturated rings. The third-order valence-electron chi connectivity index (χ3n) is 4.53. The van der Waals surface area contributed by atoms with Crippen molar-refractivity contribution < 1.29 is 14.3 Å². The molecule has 3 aliphatic rings. The maximum Gasteiger partial charge on any atom is 0.311 e. The molecule has 100 valence electrons. The van der Waals surface area contributed by atoms with Crippen molar-refractivity contribution in [1.29, 1.82) is 0 Å². The predicted octanol–water partition coefficient (Wildman–Crippen LogP) is 3.17. The van der Waals surface area contributed by atoms with E-state index in [9.17, 15) is 4.79 Å². The highest BCUT2D eigenvalue weighted by atomic mass is 16.5. The Morgan fingerprint density at radius 3 is 1.76 bits per heavy atom. The SMILES string of the molecule is CCOC.COC(=O)C12CCC(C)(CC1)CC2. The molecule has 0 aliphatic heterocycles. The summed E-state index contributed by atoms with van der Waals surface area (Å²) < 4.78 is 9.44. The number of carbonyl (C=O) groups is 1. The van der Waals surface area contributed by atoms with E-state index >= 15 is 0 Å². The minimum Gasteiger partial charge on any atom is -0.469 e. The van der Waals surface area contributed by atoms with Gasteiger partial charge in [0.15, 0.2) is 0 Å². The van der Waals surface area contributed by atoms with Crippen molar-refractivity contribution in [3.8, 4) is 0 Å². The predicted molar refractivity (Wildman–Crippen MR) is 67.8 cm³/mol. The van der Waals surface area contributed by atoms with E-state index in [1.54, 1.807) is 7.11 Å². The summed E-state index contributed by atoms with van der Waals surface area (Å²) in [6, 6.07) is 0. The Balaban J connectivity index is 0.000000317. The number of hydrogen-bond acceptors (Lipinski definition) is 3. The van der Waals surface area contributed by atoms with Gasteiger partial charge < -0.3 is 9.47 Å². The molecule has 0 unspecified atom stereocenters. The van der Waals surface area contributed by atoms with Crippen molar-refractivity contribution in [3.05, 3.63) is 0 Å². The Morgan fingerprint density at radius 1 is 1.06 bits per heavy atom. The normalized spacial score (nSPS) is 34.8. The highest BCUT2D eigenvalue weighted by Gasteiger charge is 2.50. The van der Waals surface area contributed by atoms with Gasteiger partial charge in [0.05, 0.1) is 12.5 Å². The molecule has 2 bridgehead atoms. The van der Waals surface area contributed by atoms with Crippen LogP contribution in [0.15, 0.2) is 0 Å². The fraction of sp³-hybridized carbons (Fsp3) is 0.929. The molecule has 3 saturated carbocycles. The van der Waals surface area contributed by atoms with Crippen LogP contribution in [0.4, 0.5) is 0 Å². The zero-order valence-corrected chi connectivity index (χ0v) is 11.7. The topological polar surface area (TPSA) is 35.5 Å². The molecule has 0 aromatic heterocycles. The Morgan fingerprint density at radius 2 is 1.47 bits per heavy atom. The summed E-state index contributed by atoms with van der Waals surface area (Å²) in [5.74, 6) is 0.0363. The van der Waals surface area contributed by atoms with Crippen LogP contribution in [0.2, 0.25) is 0 Å². The van der Waals surface area contributed by atoms with E-state index in [1.807, 2.05) is 6.92 Å². The molecule has 0 radical (unpaired) electrons. The first-order chi connectivity index (χ1) is 8.02. The van der Waals surface area contributed by atoms with Gasteiger partial charge in [-0.15, -0.1) is 0 Å². The van der Waals surface area contributed by atoms with Crippen molar-refractivity contribution in [1.82, 2.24) is 0 Å². The van der Waals surface area contributed by atoms with Gasteiger partial charge in [-0.25, -0.2) is 0 Å². The Kier molecular flexibility index (Phi) is 4.99. The average Bonchev–Trinajstić information content (AvgIpc) is 2.39. The first-order valence-corrected chi connectivity index (χ1v) is 6.59. The number of fused-ring (bicyclic) bond motifs is 3. The lowest BCUT2D eigenvalue weighted by Crippen LogP contribution is -2.45. The lowest BCUT2D eigenvalue weighted by atomic mass is 9.54. The quantitative estimate of drug-likeness (QED) is 0.698. The fourth-order valence-electron chi connectivity index (χ4n) is 2.90. The maximum atomic E-state index is 11.6. The third-order valence-corrected chi connectivity index (χ3v) is 4.53. The first kappa shape index (κ1) is 14.5. The van der Waals surface area contributed by atoms with Crippen LogP contribution in [0.1, 0.15) is 52.4 Å². The largest absolute Gasteiger partial charge is 0.469 e. The highest BCUT2D eigenvalue weighted by molar-refractivity contribution is 5.77. The molecule has 17 heavy (non-hydrogen) atoms. The van der Waals surface area contributed by atoms with Crippen molar-refractivity contribution >= 4 is 5.97 Å². The van der Waals surface area contributed by atoms with Gasteiger partial charge in [0.25, 0.3) is 0 Å². The van der Waals surface area contributed by atoms with Gasteiger partial charge in [-0.2, -0.15) is 0 Å². The van der Waals surface area contributed by atoms with Crippen LogP contribution in [0, 0.1) is 10.8 Å². The number of ether oxygens (including phenoxy) is 2. The number of rotatable bonds is 2. The highest BCUT2D eigenvalue weighted by Crippen LogP contribution is 2.56. The van der Waals surface area contributed by atoms with Gasteiger partial charge in [0.1, 0.15) is 0 Å². The summed E-state index contributed by atoms with van der Waals surface area (Å²) in [6.45, 7) is 5.13. The smallest absolute Gasteiger partial charge is 0.311 e. The molecule has 0 saturated heterocycles. The van der Waals surface area contributed by atoms with Crippen LogP contribution < -0.4 is 0 Å². The number of esters is 1. The van der Waals surface area contributed by atoms with Crippen LogP contribution in [-0.2, 0) is 14.3 Å². The zero-order valence-electron chi connectivity index (χ0n) is 11.7. The molecule has 0 heterocycles. The van der Waals surface area contributed by atoms with Gasteiger partial charge in [-0.1, -0.05) is 6.92 Å². The monoisotopic (exact) mass is 242 g/mol. The number of methoxy groups -OCH3 is 2. The minimum absolute atomic E-state index is 0.0363. The average molecular weight is 242 g/mol. The fourth-order valence-corrected chi connectivity index (χ4v) is 2.90. The van der Waals surface area contributed by atoms with Gasteiger partial charge in [-0.3, -0.25) is 4.79 Å². The Bertz CT molecular complexity index is 234. The molecule has 0 spiro atoms. The summed E-state index contributed by atoms with van der Waals surface area (Å²) in [7, 11) is 3.19. The summed E-state index contributed by atoms with van der Waals surface area (Å²) in [5.41, 5.74) is 0.447. The van der Waals surface area contributed by atoms with E-state index in [4.69, 9.17) is 4.74 Å². The Labute approximate surface area is 105 Å². The van der Waals surface area contributed by atoms with Gasteiger partial charge in [0.2, 0.25) is 0 Å². The third kappa shape index (κ3) is 3.21. The van der Waals surface area contributed by atoms with Gasteiger partial charge in [0, 0.05) is 13.7 Å². The van der Waals surface area contributed by atoms with Crippen LogP contribution in [0.3, 0.4) is 0 Å². The summed E-state index contributed by atoms with van der Waals surface area (Å²) >= 11 is 0. The molecule has 0 aromatic rings. The molecule has 3 nitrogen and oxygen atoms in total. The molecule has 0 atom stereocenters. The van der Waals surface area contributed by atoms with Crippen molar-refractivity contribution in [3.63, 3.8) is 0 Å². The summed E-state index contributed by atoms with van der Waals surface area (Å²) in [6.07, 6.45) is 6.79. The molecular weight excluding hydrogens is 216 g/mol. The van der Waals surface area contributed by atoms with Crippen LogP contribution in [0.5, 0.6) is 0 Å². The lowest BCUT2D eigenvalue weighted by molar-refractivity contribution is -0.162. The summed E-state index contributed by atoms with van der Waals surface area (Å²) in [5, 5.41) is 0. The number of carbonyl (C=O) groups excluding carboxylic acids is 1. The van der Waals surface area contributed by atoms with Crippen molar-refractivity contribution in [2.75, 3.05) is 20.8 Å². The lowest BCUT2D eigenvalue weighted by Gasteiger charge is -2.50. The molecular formula is C14H26O3. The second-order valence-corrected chi connectivity index (χ2v) is 5.66. The van der Waals surface area contributed by atoms with E-state index in [0.717, 1.165) is 25.9 Å². The Hall–Kier alpha value is -0.570. The van der Waals surface area contributed by atoms with Crippen molar-refractivity contribution in [2.24, 2.45) is 10.8 Å². The van der Waals surface area contributed by atoms with Gasteiger partial charge in [-0.05, 0) is 50.9 Å². The zero-order chi connectivity index (χ0) is 12.9. The van der Waals surface area contributed by atoms with Crippen LogP contribution in [0.25, 0.3) is 0 Å². The van der Waals surface area contributed by atoms with Crippen LogP contribution >= 0.6 is 0 Å². The molecule has 0 N–H and O–H groups in total. The minimum atomic E-state index is -0.0908. The molecule has 0 amide bonds. The van der Waals surface area contributed by atoms with E-state index in [2.05, 4.69) is 11.7 Å². The molecule has 0 aromatic carbocycles. The van der Waals surface area contributed by atoms with Crippen LogP contribution in [-0.4, -0.2) is 26.8 Å². The molecule has 3 aliphatic carbocycles. The van der Waals surface area contributed by atoms with E-state index in [1.165, 1.54) is 26.4 Å². The van der Waals surface area contributed by atoms with Gasteiger partial charge >= 0.3 is 5.97 Å². The maximum absolute atomic E-state index is 11.6. The van der Waals surface area contributed by atoms with E-state index < -0.39 is 0 Å². The first-order valence-electron chi connectivity index (χ1n) is 6.59. The van der Waals surface area contributed by atoms with E-state index in [0.29, 0.717) is 5.41 Å². The van der Waals surface area contributed by atoms with E-state index in [-0.39, 0.29) is 11.4 Å².